The maximum Gasteiger partial charge on any atom is 0.0223 e. The maximum atomic E-state index is 2.73. The van der Waals surface area contributed by atoms with Gasteiger partial charge in [0.25, 0.3) is 0 Å². The number of hydrogen-bond donors (Lipinski definition) is 0. The molecule has 2 saturated heterocycles. The summed E-state index contributed by atoms with van der Waals surface area (Å²) < 4.78 is 0. The zero-order chi connectivity index (χ0) is 10.9. The quantitative estimate of drug-likeness (QED) is 0.690. The molecule has 0 bridgehead atoms. The van der Waals surface area contributed by atoms with Crippen molar-refractivity contribution in [1.82, 2.24) is 9.80 Å². The van der Waals surface area contributed by atoms with Crippen LogP contribution in [0.15, 0.2) is 0 Å². The molecule has 2 heteroatoms. The van der Waals surface area contributed by atoms with Crippen LogP contribution in [0, 0.1) is 0 Å². The molecule has 0 aliphatic carbocycles. The highest BCUT2D eigenvalue weighted by molar-refractivity contribution is 4.90. The van der Waals surface area contributed by atoms with Crippen LogP contribution in [-0.2, 0) is 0 Å². The summed E-state index contributed by atoms with van der Waals surface area (Å²) in [5, 5.41) is 0. The van der Waals surface area contributed by atoms with Gasteiger partial charge in [-0.2, -0.15) is 0 Å². The lowest BCUT2D eigenvalue weighted by Crippen LogP contribution is -2.47. The lowest BCUT2D eigenvalue weighted by atomic mass is 9.98. The molecule has 0 amide bonds. The molecule has 1 atom stereocenters. The van der Waals surface area contributed by atoms with Gasteiger partial charge in [0.2, 0.25) is 0 Å². The van der Waals surface area contributed by atoms with Crippen LogP contribution in [-0.4, -0.2) is 47.6 Å². The molecule has 15 heavy (non-hydrogen) atoms. The van der Waals surface area contributed by atoms with E-state index < -0.39 is 0 Å². The van der Waals surface area contributed by atoms with Gasteiger partial charge in [0.15, 0.2) is 0 Å². The largest absolute Gasteiger partial charge is 0.299 e. The molecule has 0 aromatic rings. The van der Waals surface area contributed by atoms with Crippen LogP contribution < -0.4 is 0 Å². The fourth-order valence-corrected chi connectivity index (χ4v) is 2.98. The molecule has 0 aromatic carbocycles. The molecule has 2 rings (SSSR count). The first kappa shape index (κ1) is 11.4. The predicted molar refractivity (Wildman–Crippen MR) is 65.2 cm³/mol. The lowest BCUT2D eigenvalue weighted by molar-refractivity contribution is 0.105. The first-order valence-corrected chi connectivity index (χ1v) is 6.62. The number of fused-ring (bicyclic) bond motifs is 1. The van der Waals surface area contributed by atoms with E-state index in [1.54, 1.807) is 0 Å². The van der Waals surface area contributed by atoms with Gasteiger partial charge in [0.1, 0.15) is 0 Å². The highest BCUT2D eigenvalue weighted by Crippen LogP contribution is 2.26. The summed E-state index contributed by atoms with van der Waals surface area (Å²) in [5.74, 6) is 0. The van der Waals surface area contributed by atoms with Gasteiger partial charge in [0, 0.05) is 18.1 Å². The van der Waals surface area contributed by atoms with Gasteiger partial charge in [-0.05, 0) is 59.2 Å². The van der Waals surface area contributed by atoms with Gasteiger partial charge in [-0.25, -0.2) is 0 Å². The Hall–Kier alpha value is -0.0800. The second kappa shape index (κ2) is 4.42. The van der Waals surface area contributed by atoms with Crippen molar-refractivity contribution in [3.05, 3.63) is 0 Å². The number of rotatable bonds is 2. The van der Waals surface area contributed by atoms with Crippen LogP contribution in [0.1, 0.15) is 46.5 Å². The van der Waals surface area contributed by atoms with E-state index in [0.717, 1.165) is 6.04 Å². The average Bonchev–Trinajstić information content (AvgIpc) is 2.55. The normalized spacial score (nSPS) is 30.2. The molecular weight excluding hydrogens is 184 g/mol. The molecule has 1 unspecified atom stereocenters. The van der Waals surface area contributed by atoms with Crippen molar-refractivity contribution >= 4 is 0 Å². The fourth-order valence-electron chi connectivity index (χ4n) is 2.98. The van der Waals surface area contributed by atoms with Crippen molar-refractivity contribution in [3.63, 3.8) is 0 Å². The molecule has 2 heterocycles. The van der Waals surface area contributed by atoms with Crippen LogP contribution in [0.25, 0.3) is 0 Å². The summed E-state index contributed by atoms with van der Waals surface area (Å²) in [6.07, 6.45) is 5.47. The second-order valence-corrected chi connectivity index (χ2v) is 5.80. The summed E-state index contributed by atoms with van der Waals surface area (Å²) in [4.78, 5) is 5.44. The van der Waals surface area contributed by atoms with Crippen LogP contribution >= 0.6 is 0 Å². The summed E-state index contributed by atoms with van der Waals surface area (Å²) in [6, 6.07) is 0.860. The van der Waals surface area contributed by atoms with Crippen molar-refractivity contribution in [2.75, 3.05) is 26.2 Å². The predicted octanol–water partition coefficient (Wildman–Crippen LogP) is 2.35. The first-order valence-electron chi connectivity index (χ1n) is 6.62. The molecular formula is C13H26N2. The molecule has 2 fully saturated rings. The van der Waals surface area contributed by atoms with E-state index in [1.807, 2.05) is 0 Å². The van der Waals surface area contributed by atoms with Gasteiger partial charge in [-0.1, -0.05) is 6.92 Å². The van der Waals surface area contributed by atoms with Gasteiger partial charge in [-0.3, -0.25) is 9.80 Å². The van der Waals surface area contributed by atoms with Crippen LogP contribution in [0.5, 0.6) is 0 Å². The zero-order valence-electron chi connectivity index (χ0n) is 10.6. The molecule has 88 valence electrons. The zero-order valence-corrected chi connectivity index (χ0v) is 10.6. The van der Waals surface area contributed by atoms with Crippen LogP contribution in [0.2, 0.25) is 0 Å². The molecule has 0 saturated carbocycles. The molecule has 2 aliphatic rings. The van der Waals surface area contributed by atoms with Crippen molar-refractivity contribution in [2.45, 2.75) is 58.0 Å². The van der Waals surface area contributed by atoms with Crippen molar-refractivity contribution in [1.29, 1.82) is 0 Å². The van der Waals surface area contributed by atoms with E-state index in [4.69, 9.17) is 0 Å². The van der Waals surface area contributed by atoms with E-state index in [9.17, 15) is 0 Å². The minimum Gasteiger partial charge on any atom is -0.299 e. The highest BCUT2D eigenvalue weighted by Gasteiger charge is 2.33. The van der Waals surface area contributed by atoms with E-state index >= 15 is 0 Å². The third-order valence-electron chi connectivity index (χ3n) is 4.52. The number of hydrogen-bond acceptors (Lipinski definition) is 2. The van der Waals surface area contributed by atoms with Gasteiger partial charge >= 0.3 is 0 Å². The minimum atomic E-state index is 0.401. The summed E-state index contributed by atoms with van der Waals surface area (Å²) in [7, 11) is 0. The monoisotopic (exact) mass is 210 g/mol. The third kappa shape index (κ3) is 2.36. The van der Waals surface area contributed by atoms with E-state index in [-0.39, 0.29) is 0 Å². The average molecular weight is 210 g/mol. The molecule has 2 nitrogen and oxygen atoms in total. The molecule has 0 spiro atoms. The molecule has 0 N–H and O–H groups in total. The van der Waals surface area contributed by atoms with E-state index in [0.29, 0.717) is 5.54 Å². The SMILES string of the molecule is CCC(C)(C)N1CCCN2CCCC2C1. The summed E-state index contributed by atoms with van der Waals surface area (Å²) in [5.41, 5.74) is 0.401. The Morgan fingerprint density at radius 3 is 2.60 bits per heavy atom. The van der Waals surface area contributed by atoms with Crippen LogP contribution in [0.4, 0.5) is 0 Å². The summed E-state index contributed by atoms with van der Waals surface area (Å²) >= 11 is 0. The standard InChI is InChI=1S/C13H26N2/c1-4-13(2,3)15-10-6-9-14-8-5-7-12(14)11-15/h12H,4-11H2,1-3H3. The maximum absolute atomic E-state index is 2.73. The Morgan fingerprint density at radius 2 is 1.87 bits per heavy atom. The fraction of sp³-hybridized carbons (Fsp3) is 1.00. The Bertz CT molecular complexity index is 213. The Balaban J connectivity index is 2.02. The van der Waals surface area contributed by atoms with Crippen molar-refractivity contribution < 1.29 is 0 Å². The third-order valence-corrected chi connectivity index (χ3v) is 4.52. The van der Waals surface area contributed by atoms with Gasteiger partial charge < -0.3 is 0 Å². The van der Waals surface area contributed by atoms with E-state index in [1.165, 1.54) is 51.9 Å². The lowest BCUT2D eigenvalue weighted by Gasteiger charge is -2.38. The molecule has 0 aromatic heterocycles. The Morgan fingerprint density at radius 1 is 1.13 bits per heavy atom. The second-order valence-electron chi connectivity index (χ2n) is 5.80. The van der Waals surface area contributed by atoms with Gasteiger partial charge in [-0.15, -0.1) is 0 Å². The highest BCUT2D eigenvalue weighted by atomic mass is 15.3. The Labute approximate surface area is 94.6 Å². The Kier molecular flexibility index (Phi) is 3.36. The molecule has 2 aliphatic heterocycles. The minimum absolute atomic E-state index is 0.401. The van der Waals surface area contributed by atoms with Crippen LogP contribution in [0.3, 0.4) is 0 Å². The van der Waals surface area contributed by atoms with E-state index in [2.05, 4.69) is 30.6 Å². The first-order chi connectivity index (χ1) is 7.13. The smallest absolute Gasteiger partial charge is 0.0223 e. The van der Waals surface area contributed by atoms with Crippen molar-refractivity contribution in [2.24, 2.45) is 0 Å². The summed E-state index contributed by atoms with van der Waals surface area (Å²) in [6.45, 7) is 12.4. The topological polar surface area (TPSA) is 6.48 Å². The molecule has 0 radical (unpaired) electrons. The number of nitrogens with zero attached hydrogens (tertiary/aromatic N) is 2. The van der Waals surface area contributed by atoms with Gasteiger partial charge in [0.05, 0.1) is 0 Å². The van der Waals surface area contributed by atoms with Crippen molar-refractivity contribution in [3.8, 4) is 0 Å².